The van der Waals surface area contributed by atoms with Crippen LogP contribution in [0.2, 0.25) is 0 Å². The van der Waals surface area contributed by atoms with Gasteiger partial charge in [0.15, 0.2) is 0 Å². The zero-order chi connectivity index (χ0) is 14.9. The van der Waals surface area contributed by atoms with Crippen LogP contribution in [0.5, 0.6) is 0 Å². The highest BCUT2D eigenvalue weighted by Crippen LogP contribution is 2.33. The molecule has 7 heteroatoms. The van der Waals surface area contributed by atoms with Crippen molar-refractivity contribution < 1.29 is 14.7 Å². The van der Waals surface area contributed by atoms with Crippen LogP contribution in [0, 0.1) is 6.92 Å². The van der Waals surface area contributed by atoms with Gasteiger partial charge in [0.05, 0.1) is 10.6 Å². The number of aryl methyl sites for hydroxylation is 1. The number of hydrogen-bond acceptors (Lipinski definition) is 3. The number of halogens is 2. The first kappa shape index (κ1) is 15.2. The number of rotatable bonds is 3. The average Bonchev–Trinajstić information content (AvgIpc) is 2.83. The van der Waals surface area contributed by atoms with E-state index in [-0.39, 0.29) is 10.8 Å². The molecule has 0 aliphatic heterocycles. The number of carboxylic acid groups (broad SMARTS) is 1. The van der Waals surface area contributed by atoms with Gasteiger partial charge < -0.3 is 10.4 Å². The molecule has 1 amide bonds. The van der Waals surface area contributed by atoms with Gasteiger partial charge in [-0.15, -0.1) is 11.3 Å². The number of nitrogens with one attached hydrogen (secondary N) is 1. The minimum Gasteiger partial charge on any atom is -0.477 e. The first-order valence-electron chi connectivity index (χ1n) is 5.48. The van der Waals surface area contributed by atoms with Crippen molar-refractivity contribution in [3.63, 3.8) is 0 Å². The number of thiophene rings is 1. The third-order valence-electron chi connectivity index (χ3n) is 2.47. The highest BCUT2D eigenvalue weighted by Gasteiger charge is 2.15. The quantitative estimate of drug-likeness (QED) is 0.769. The molecule has 0 bridgehead atoms. The van der Waals surface area contributed by atoms with Gasteiger partial charge in [0.2, 0.25) is 0 Å². The summed E-state index contributed by atoms with van der Waals surface area (Å²) in [7, 11) is 0. The number of benzene rings is 1. The van der Waals surface area contributed by atoms with E-state index in [9.17, 15) is 9.59 Å². The average molecular weight is 419 g/mol. The predicted molar refractivity (Wildman–Crippen MR) is 85.8 cm³/mol. The van der Waals surface area contributed by atoms with E-state index in [2.05, 4.69) is 37.2 Å². The maximum Gasteiger partial charge on any atom is 0.345 e. The first-order chi connectivity index (χ1) is 9.38. The van der Waals surface area contributed by atoms with Crippen molar-refractivity contribution in [2.75, 3.05) is 5.32 Å². The molecule has 0 unspecified atom stereocenters. The van der Waals surface area contributed by atoms with Crippen LogP contribution in [-0.4, -0.2) is 17.0 Å². The molecule has 0 spiro atoms. The molecule has 1 aromatic heterocycles. The molecular weight excluding hydrogens is 410 g/mol. The molecule has 104 valence electrons. The summed E-state index contributed by atoms with van der Waals surface area (Å²) < 4.78 is 1.51. The lowest BCUT2D eigenvalue weighted by Crippen LogP contribution is -2.11. The van der Waals surface area contributed by atoms with Crippen LogP contribution in [0.25, 0.3) is 0 Å². The van der Waals surface area contributed by atoms with Gasteiger partial charge in [-0.25, -0.2) is 4.79 Å². The van der Waals surface area contributed by atoms with Gasteiger partial charge in [-0.1, -0.05) is 0 Å². The third-order valence-corrected chi connectivity index (χ3v) is 4.79. The Bertz CT molecular complexity index is 674. The second-order valence-electron chi connectivity index (χ2n) is 4.03. The van der Waals surface area contributed by atoms with Crippen LogP contribution in [0.4, 0.5) is 5.69 Å². The van der Waals surface area contributed by atoms with E-state index in [1.54, 1.807) is 0 Å². The van der Waals surface area contributed by atoms with Crippen LogP contribution in [-0.2, 0) is 0 Å². The molecule has 0 atom stereocenters. The number of anilines is 1. The number of carboxylic acids is 1. The fraction of sp³-hybridized carbons (Fsp3) is 0.0769. The second kappa shape index (κ2) is 6.07. The van der Waals surface area contributed by atoms with Crippen LogP contribution in [0.1, 0.15) is 24.9 Å². The molecule has 4 nitrogen and oxygen atoms in total. The van der Waals surface area contributed by atoms with E-state index < -0.39 is 5.97 Å². The molecule has 0 fully saturated rings. The molecule has 0 aliphatic carbocycles. The highest BCUT2D eigenvalue weighted by molar-refractivity contribution is 9.11. The summed E-state index contributed by atoms with van der Waals surface area (Å²) in [6, 6.07) is 6.69. The van der Waals surface area contributed by atoms with E-state index in [1.807, 2.05) is 19.1 Å². The van der Waals surface area contributed by atoms with Crippen molar-refractivity contribution in [3.05, 3.63) is 48.5 Å². The standard InChI is InChI=1S/C13H9Br2NO3S/c1-6-4-7(14)11(8(15)5-6)16-12(17)9-2-3-10(20-9)13(18)19/h2-5H,1H3,(H,16,17)(H,18,19). The van der Waals surface area contributed by atoms with Crippen molar-refractivity contribution in [1.82, 2.24) is 0 Å². The molecule has 1 aromatic carbocycles. The van der Waals surface area contributed by atoms with Crippen molar-refractivity contribution in [2.24, 2.45) is 0 Å². The van der Waals surface area contributed by atoms with Gasteiger partial charge in [-0.05, 0) is 68.6 Å². The maximum absolute atomic E-state index is 12.1. The molecule has 0 saturated heterocycles. The molecule has 2 rings (SSSR count). The SMILES string of the molecule is Cc1cc(Br)c(NC(=O)c2ccc(C(=O)O)s2)c(Br)c1. The van der Waals surface area contributed by atoms with Crippen molar-refractivity contribution >= 4 is 60.8 Å². The van der Waals surface area contributed by atoms with Gasteiger partial charge in [0, 0.05) is 8.95 Å². The predicted octanol–water partition coefficient (Wildman–Crippen LogP) is 4.53. The Morgan fingerprint density at radius 2 is 1.70 bits per heavy atom. The van der Waals surface area contributed by atoms with E-state index in [4.69, 9.17) is 5.11 Å². The fourth-order valence-electron chi connectivity index (χ4n) is 1.57. The van der Waals surface area contributed by atoms with Crippen LogP contribution in [0.15, 0.2) is 33.2 Å². The molecule has 2 N–H and O–H groups in total. The second-order valence-corrected chi connectivity index (χ2v) is 6.82. The van der Waals surface area contributed by atoms with E-state index >= 15 is 0 Å². The van der Waals surface area contributed by atoms with Gasteiger partial charge in [-0.3, -0.25) is 4.79 Å². The fourth-order valence-corrected chi connectivity index (χ4v) is 3.92. The van der Waals surface area contributed by atoms with E-state index in [0.717, 1.165) is 25.8 Å². The van der Waals surface area contributed by atoms with Crippen molar-refractivity contribution in [3.8, 4) is 0 Å². The maximum atomic E-state index is 12.1. The first-order valence-corrected chi connectivity index (χ1v) is 7.89. The molecule has 1 heterocycles. The molecule has 0 radical (unpaired) electrons. The zero-order valence-corrected chi connectivity index (χ0v) is 14.2. The normalized spacial score (nSPS) is 10.3. The lowest BCUT2D eigenvalue weighted by Gasteiger charge is -2.09. The van der Waals surface area contributed by atoms with Crippen molar-refractivity contribution in [1.29, 1.82) is 0 Å². The summed E-state index contributed by atoms with van der Waals surface area (Å²) >= 11 is 7.72. The number of amides is 1. The number of aromatic carboxylic acids is 1. The number of hydrogen-bond donors (Lipinski definition) is 2. The summed E-state index contributed by atoms with van der Waals surface area (Å²) in [5.41, 5.74) is 1.66. The summed E-state index contributed by atoms with van der Waals surface area (Å²) in [5, 5.41) is 11.6. The lowest BCUT2D eigenvalue weighted by atomic mass is 10.2. The topological polar surface area (TPSA) is 66.4 Å². The van der Waals surface area contributed by atoms with Crippen LogP contribution < -0.4 is 5.32 Å². The van der Waals surface area contributed by atoms with Gasteiger partial charge in [0.25, 0.3) is 5.91 Å². The van der Waals surface area contributed by atoms with Crippen LogP contribution >= 0.6 is 43.2 Å². The summed E-state index contributed by atoms with van der Waals surface area (Å²) in [6.45, 7) is 1.94. The third kappa shape index (κ3) is 3.28. The largest absolute Gasteiger partial charge is 0.477 e. The molecule has 0 aliphatic rings. The Morgan fingerprint density at radius 3 is 2.20 bits per heavy atom. The Kier molecular flexibility index (Phi) is 4.62. The van der Waals surface area contributed by atoms with Gasteiger partial charge in [-0.2, -0.15) is 0 Å². The summed E-state index contributed by atoms with van der Waals surface area (Å²) in [6.07, 6.45) is 0. The Morgan fingerprint density at radius 1 is 1.15 bits per heavy atom. The van der Waals surface area contributed by atoms with E-state index in [0.29, 0.717) is 10.6 Å². The molecule has 2 aromatic rings. The Labute approximate surface area is 136 Å². The Hall–Kier alpha value is -1.18. The number of carbonyl (C=O) groups excluding carboxylic acids is 1. The minimum atomic E-state index is -1.04. The molecule has 20 heavy (non-hydrogen) atoms. The lowest BCUT2D eigenvalue weighted by molar-refractivity contribution is 0.0702. The van der Waals surface area contributed by atoms with Gasteiger partial charge >= 0.3 is 5.97 Å². The summed E-state index contributed by atoms with van der Waals surface area (Å²) in [5.74, 6) is -1.38. The molecule has 0 saturated carbocycles. The minimum absolute atomic E-state index is 0.136. The monoisotopic (exact) mass is 417 g/mol. The Balaban J connectivity index is 2.25. The molecular formula is C13H9Br2NO3S. The summed E-state index contributed by atoms with van der Waals surface area (Å²) in [4.78, 5) is 23.4. The van der Waals surface area contributed by atoms with Gasteiger partial charge in [0.1, 0.15) is 4.88 Å². The smallest absolute Gasteiger partial charge is 0.345 e. The van der Waals surface area contributed by atoms with Crippen molar-refractivity contribution in [2.45, 2.75) is 6.92 Å². The van der Waals surface area contributed by atoms with E-state index in [1.165, 1.54) is 12.1 Å². The van der Waals surface area contributed by atoms with Crippen LogP contribution in [0.3, 0.4) is 0 Å². The zero-order valence-electron chi connectivity index (χ0n) is 10.2. The number of carbonyl (C=O) groups is 2. The highest BCUT2D eigenvalue weighted by atomic mass is 79.9.